The third-order valence-electron chi connectivity index (χ3n) is 5.72. The van der Waals surface area contributed by atoms with E-state index in [4.69, 9.17) is 0 Å². The Hall–Kier alpha value is -3.64. The zero-order valence-corrected chi connectivity index (χ0v) is 17.7. The molecule has 1 saturated heterocycles. The average molecular weight is 467 g/mol. The number of piperidine rings is 1. The minimum atomic E-state index is -4.69. The molecular weight excluding hydrogens is 446 g/mol. The zero-order valence-electron chi connectivity index (χ0n) is 17.7. The number of fused-ring (bicyclic) bond motifs is 1. The van der Waals surface area contributed by atoms with Crippen molar-refractivity contribution in [2.24, 2.45) is 7.05 Å². The van der Waals surface area contributed by atoms with Crippen LogP contribution in [-0.4, -0.2) is 63.0 Å². The van der Waals surface area contributed by atoms with Gasteiger partial charge in [-0.05, 0) is 18.6 Å². The lowest BCUT2D eigenvalue weighted by molar-refractivity contribution is -0.138. The van der Waals surface area contributed by atoms with Crippen molar-refractivity contribution in [2.45, 2.75) is 24.8 Å². The molecule has 0 radical (unpaired) electrons. The van der Waals surface area contributed by atoms with Crippen LogP contribution >= 0.6 is 0 Å². The highest BCUT2D eigenvalue weighted by Crippen LogP contribution is 2.30. The molecule has 2 atom stereocenters. The summed E-state index contributed by atoms with van der Waals surface area (Å²) in [6.45, 7) is 0.428. The molecule has 33 heavy (non-hydrogen) atoms. The molecule has 0 aromatic carbocycles. The first kappa shape index (κ1) is 22.6. The number of halogens is 4. The summed E-state index contributed by atoms with van der Waals surface area (Å²) in [4.78, 5) is 31.9. The number of H-pyrrole nitrogens is 1. The second-order valence-corrected chi connectivity index (χ2v) is 7.92. The van der Waals surface area contributed by atoms with Gasteiger partial charge in [-0.15, -0.1) is 0 Å². The van der Waals surface area contributed by atoms with Crippen molar-refractivity contribution in [2.75, 3.05) is 30.4 Å². The van der Waals surface area contributed by atoms with Gasteiger partial charge in [0.25, 0.3) is 5.56 Å². The number of hydrogen-bond donors (Lipinski definition) is 2. The van der Waals surface area contributed by atoms with E-state index in [-0.39, 0.29) is 13.0 Å². The molecule has 0 unspecified atom stereocenters. The van der Waals surface area contributed by atoms with Gasteiger partial charge in [0.15, 0.2) is 5.65 Å². The topological polar surface area (TPSA) is 99.1 Å². The third kappa shape index (κ3) is 4.47. The van der Waals surface area contributed by atoms with Gasteiger partial charge in [0.05, 0.1) is 36.2 Å². The number of rotatable bonds is 3. The minimum Gasteiger partial charge on any atom is -0.367 e. The standard InChI is InChI=1S/C20H21F4N7O2/c1-29-9-12(20(22,23)24)6-15(18(29)32)27-19(33)30(2)16-3-4-31(10-14(16)21)13-5-11-7-26-28-17(11)25-8-13/h5-9,14,16H,3-4,10H2,1-2H3,(H,27,33)(H,25,26,28)/t14-,16+/m1/s1. The van der Waals surface area contributed by atoms with Crippen LogP contribution in [0, 0.1) is 0 Å². The Morgan fingerprint density at radius 2 is 2.06 bits per heavy atom. The number of nitrogens with one attached hydrogen (secondary N) is 2. The number of carbonyl (C=O) groups is 1. The van der Waals surface area contributed by atoms with Crippen molar-refractivity contribution < 1.29 is 22.4 Å². The van der Waals surface area contributed by atoms with Crippen molar-refractivity contribution in [3.05, 3.63) is 46.6 Å². The van der Waals surface area contributed by atoms with E-state index in [1.807, 2.05) is 6.07 Å². The molecular formula is C20H21F4N7O2. The Morgan fingerprint density at radius 1 is 1.30 bits per heavy atom. The number of aromatic nitrogens is 4. The van der Waals surface area contributed by atoms with E-state index in [2.05, 4.69) is 20.5 Å². The summed E-state index contributed by atoms with van der Waals surface area (Å²) in [5, 5.41) is 9.62. The van der Waals surface area contributed by atoms with Gasteiger partial charge in [0.2, 0.25) is 0 Å². The first-order valence-corrected chi connectivity index (χ1v) is 10.0. The van der Waals surface area contributed by atoms with Gasteiger partial charge in [-0.1, -0.05) is 0 Å². The fraction of sp³-hybridized carbons (Fsp3) is 0.400. The number of pyridine rings is 2. The van der Waals surface area contributed by atoms with Crippen LogP contribution in [0.5, 0.6) is 0 Å². The maximum atomic E-state index is 15.0. The molecule has 9 nitrogen and oxygen atoms in total. The van der Waals surface area contributed by atoms with Gasteiger partial charge < -0.3 is 19.7 Å². The summed E-state index contributed by atoms with van der Waals surface area (Å²) < 4.78 is 54.9. The van der Waals surface area contributed by atoms with E-state index in [0.717, 1.165) is 21.9 Å². The summed E-state index contributed by atoms with van der Waals surface area (Å²) >= 11 is 0. The number of aromatic amines is 1. The SMILES string of the molecule is CN(C(=O)Nc1cc(C(F)(F)F)cn(C)c1=O)[C@H]1CCN(c2cnc3[nH]ncc3c2)C[C@H]1F. The number of aryl methyl sites for hydroxylation is 1. The van der Waals surface area contributed by atoms with E-state index in [9.17, 15) is 22.8 Å². The second-order valence-electron chi connectivity index (χ2n) is 7.92. The van der Waals surface area contributed by atoms with Crippen LogP contribution in [0.4, 0.5) is 33.7 Å². The van der Waals surface area contributed by atoms with E-state index < -0.39 is 41.2 Å². The fourth-order valence-corrected chi connectivity index (χ4v) is 3.87. The molecule has 1 aliphatic rings. The molecule has 3 aromatic rings. The number of urea groups is 1. The molecule has 2 N–H and O–H groups in total. The minimum absolute atomic E-state index is 0.00134. The summed E-state index contributed by atoms with van der Waals surface area (Å²) in [6, 6.07) is 0.719. The Bertz CT molecular complexity index is 1240. The molecule has 4 rings (SSSR count). The van der Waals surface area contributed by atoms with Gasteiger partial charge in [-0.3, -0.25) is 9.89 Å². The third-order valence-corrected chi connectivity index (χ3v) is 5.72. The Balaban J connectivity index is 1.45. The molecule has 0 aliphatic carbocycles. The predicted molar refractivity (Wildman–Crippen MR) is 113 cm³/mol. The number of nitrogens with zero attached hydrogens (tertiary/aromatic N) is 5. The van der Waals surface area contributed by atoms with Crippen LogP contribution in [0.15, 0.2) is 35.5 Å². The van der Waals surface area contributed by atoms with Crippen LogP contribution in [-0.2, 0) is 13.2 Å². The first-order chi connectivity index (χ1) is 15.5. The number of anilines is 2. The molecule has 2 amide bonds. The maximum absolute atomic E-state index is 15.0. The highest BCUT2D eigenvalue weighted by Gasteiger charge is 2.35. The molecule has 13 heteroatoms. The fourth-order valence-electron chi connectivity index (χ4n) is 3.87. The maximum Gasteiger partial charge on any atom is 0.417 e. The average Bonchev–Trinajstić information content (AvgIpc) is 3.23. The van der Waals surface area contributed by atoms with Crippen molar-refractivity contribution in [1.82, 2.24) is 24.6 Å². The summed E-state index contributed by atoms with van der Waals surface area (Å²) in [7, 11) is 2.50. The van der Waals surface area contributed by atoms with Crippen molar-refractivity contribution in [3.63, 3.8) is 0 Å². The van der Waals surface area contributed by atoms with E-state index in [0.29, 0.717) is 30.1 Å². The van der Waals surface area contributed by atoms with Gasteiger partial charge >= 0.3 is 12.2 Å². The normalized spacial score (nSPS) is 19.0. The quantitative estimate of drug-likeness (QED) is 0.578. The molecule has 1 fully saturated rings. The van der Waals surface area contributed by atoms with Crippen LogP contribution in [0.1, 0.15) is 12.0 Å². The summed E-state index contributed by atoms with van der Waals surface area (Å²) in [5.41, 5.74) is -1.09. The highest BCUT2D eigenvalue weighted by molar-refractivity contribution is 5.89. The van der Waals surface area contributed by atoms with Gasteiger partial charge in [0.1, 0.15) is 11.9 Å². The van der Waals surface area contributed by atoms with Crippen molar-refractivity contribution in [1.29, 1.82) is 0 Å². The molecule has 1 aliphatic heterocycles. The molecule has 4 heterocycles. The van der Waals surface area contributed by atoms with E-state index in [1.165, 1.54) is 7.05 Å². The summed E-state index contributed by atoms with van der Waals surface area (Å²) in [5.74, 6) is 0. The van der Waals surface area contributed by atoms with Crippen LogP contribution in [0.3, 0.4) is 0 Å². The number of carbonyl (C=O) groups excluding carboxylic acids is 1. The van der Waals surface area contributed by atoms with E-state index in [1.54, 1.807) is 17.3 Å². The van der Waals surface area contributed by atoms with Gasteiger partial charge in [0, 0.05) is 32.2 Å². The molecule has 0 bridgehead atoms. The Labute approximate surface area is 185 Å². The smallest absolute Gasteiger partial charge is 0.367 e. The monoisotopic (exact) mass is 467 g/mol. The zero-order chi connectivity index (χ0) is 23.9. The highest BCUT2D eigenvalue weighted by atomic mass is 19.4. The lowest BCUT2D eigenvalue weighted by atomic mass is 10.0. The molecule has 0 spiro atoms. The van der Waals surface area contributed by atoms with Gasteiger partial charge in [-0.25, -0.2) is 14.2 Å². The lowest BCUT2D eigenvalue weighted by Gasteiger charge is -2.39. The predicted octanol–water partition coefficient (Wildman–Crippen LogP) is 2.76. The van der Waals surface area contributed by atoms with Gasteiger partial charge in [-0.2, -0.15) is 18.3 Å². The van der Waals surface area contributed by atoms with E-state index >= 15 is 4.39 Å². The lowest BCUT2D eigenvalue weighted by Crippen LogP contribution is -2.54. The summed E-state index contributed by atoms with van der Waals surface area (Å²) in [6.07, 6.45) is -1.99. The van der Waals surface area contributed by atoms with Crippen LogP contribution < -0.4 is 15.8 Å². The number of hydrogen-bond acceptors (Lipinski definition) is 5. The van der Waals surface area contributed by atoms with Crippen LogP contribution in [0.25, 0.3) is 11.0 Å². The second kappa shape index (κ2) is 8.37. The molecule has 0 saturated carbocycles. The van der Waals surface area contributed by atoms with Crippen molar-refractivity contribution >= 4 is 28.4 Å². The largest absolute Gasteiger partial charge is 0.417 e. The Morgan fingerprint density at radius 3 is 2.76 bits per heavy atom. The van der Waals surface area contributed by atoms with Crippen molar-refractivity contribution in [3.8, 4) is 0 Å². The number of alkyl halides is 4. The number of amides is 2. The molecule has 3 aromatic heterocycles. The first-order valence-electron chi connectivity index (χ1n) is 10.0. The van der Waals surface area contributed by atoms with Crippen LogP contribution in [0.2, 0.25) is 0 Å². The molecule has 176 valence electrons. The Kier molecular flexibility index (Phi) is 5.72.